The van der Waals surface area contributed by atoms with E-state index in [0.29, 0.717) is 24.1 Å². The van der Waals surface area contributed by atoms with Gasteiger partial charge < -0.3 is 5.32 Å². The van der Waals surface area contributed by atoms with Crippen molar-refractivity contribution in [2.24, 2.45) is 0 Å². The molecule has 0 saturated heterocycles. The number of hydrogen-bond donors (Lipinski definition) is 2. The van der Waals surface area contributed by atoms with Crippen LogP contribution in [0.1, 0.15) is 84.7 Å². The van der Waals surface area contributed by atoms with E-state index in [2.05, 4.69) is 34.7 Å². The maximum Gasteiger partial charge on any atom is 0.271 e. The summed E-state index contributed by atoms with van der Waals surface area (Å²) in [5, 5.41) is 13.2. The smallest absolute Gasteiger partial charge is 0.271 e. The van der Waals surface area contributed by atoms with Gasteiger partial charge in [0.15, 0.2) is 0 Å². The zero-order valence-corrected chi connectivity index (χ0v) is 15.3. The molecule has 2 N–H and O–H groups in total. The highest BCUT2D eigenvalue weighted by Crippen LogP contribution is 2.33. The second-order valence-corrected chi connectivity index (χ2v) is 7.81. The molecule has 1 saturated carbocycles. The minimum Gasteiger partial charge on any atom is -0.350 e. The Hall–Kier alpha value is -1.69. The number of nitrogens with one attached hydrogen (secondary N) is 2. The third-order valence-corrected chi connectivity index (χ3v) is 5.60. The number of carbonyl (C=O) groups is 1. The fourth-order valence-corrected chi connectivity index (χ4v) is 4.03. The first kappa shape index (κ1) is 17.1. The molecule has 3 rings (SSSR count). The molecule has 6 heteroatoms. The molecule has 2 heterocycles. The van der Waals surface area contributed by atoms with E-state index in [4.69, 9.17) is 4.98 Å². The monoisotopic (exact) mass is 346 g/mol. The van der Waals surface area contributed by atoms with Crippen molar-refractivity contribution in [3.8, 4) is 0 Å². The van der Waals surface area contributed by atoms with Gasteiger partial charge in [0.1, 0.15) is 5.69 Å². The Morgan fingerprint density at radius 3 is 2.88 bits per heavy atom. The van der Waals surface area contributed by atoms with Crippen LogP contribution in [0.25, 0.3) is 0 Å². The van der Waals surface area contributed by atoms with Crippen molar-refractivity contribution in [3.05, 3.63) is 33.5 Å². The van der Waals surface area contributed by atoms with E-state index in [9.17, 15) is 4.79 Å². The Kier molecular flexibility index (Phi) is 5.66. The summed E-state index contributed by atoms with van der Waals surface area (Å²) in [7, 11) is 0. The van der Waals surface area contributed by atoms with E-state index in [1.54, 1.807) is 11.3 Å². The number of aromatic nitrogens is 3. The predicted octanol–water partition coefficient (Wildman–Crippen LogP) is 4.01. The lowest BCUT2D eigenvalue weighted by atomic mass is 9.87. The normalized spacial score (nSPS) is 15.8. The average molecular weight is 346 g/mol. The first-order valence-corrected chi connectivity index (χ1v) is 9.79. The lowest BCUT2D eigenvalue weighted by Gasteiger charge is -2.19. The number of H-pyrrole nitrogens is 1. The molecule has 1 aliphatic rings. The summed E-state index contributed by atoms with van der Waals surface area (Å²) < 4.78 is 0. The van der Waals surface area contributed by atoms with Crippen LogP contribution in [0.4, 0.5) is 0 Å². The van der Waals surface area contributed by atoms with Crippen molar-refractivity contribution < 1.29 is 4.79 Å². The molecule has 0 atom stereocenters. The van der Waals surface area contributed by atoms with Gasteiger partial charge in [0, 0.05) is 30.0 Å². The number of hydrogen-bond acceptors (Lipinski definition) is 4. The van der Waals surface area contributed by atoms with Gasteiger partial charge >= 0.3 is 0 Å². The van der Waals surface area contributed by atoms with Crippen molar-refractivity contribution in [2.45, 2.75) is 64.2 Å². The van der Waals surface area contributed by atoms with Gasteiger partial charge in [-0.05, 0) is 24.8 Å². The van der Waals surface area contributed by atoms with Gasteiger partial charge in [-0.1, -0.05) is 33.1 Å². The third-order valence-electron chi connectivity index (χ3n) is 4.67. The lowest BCUT2D eigenvalue weighted by Crippen LogP contribution is -2.26. The van der Waals surface area contributed by atoms with Crippen molar-refractivity contribution in [2.75, 3.05) is 6.54 Å². The molecule has 1 aliphatic carbocycles. The van der Waals surface area contributed by atoms with Gasteiger partial charge in [0.2, 0.25) is 0 Å². The van der Waals surface area contributed by atoms with E-state index in [1.807, 2.05) is 6.07 Å². The molecule has 0 radical (unpaired) electrons. The van der Waals surface area contributed by atoms with Crippen LogP contribution in [-0.2, 0) is 6.42 Å². The molecule has 0 spiro atoms. The van der Waals surface area contributed by atoms with Crippen molar-refractivity contribution in [3.63, 3.8) is 0 Å². The summed E-state index contributed by atoms with van der Waals surface area (Å²) in [6.45, 7) is 4.74. The van der Waals surface area contributed by atoms with Gasteiger partial charge in [0.25, 0.3) is 5.91 Å². The maximum absolute atomic E-state index is 12.1. The van der Waals surface area contributed by atoms with Crippen LogP contribution in [0.15, 0.2) is 11.4 Å². The zero-order valence-electron chi connectivity index (χ0n) is 14.5. The molecule has 24 heavy (non-hydrogen) atoms. The largest absolute Gasteiger partial charge is 0.350 e. The SMILES string of the molecule is CC(C)c1cc(C(=O)NCCc2nc(C3CCCCC3)cs2)n[nH]1. The summed E-state index contributed by atoms with van der Waals surface area (Å²) in [5.74, 6) is 0.867. The molecule has 1 amide bonds. The van der Waals surface area contributed by atoms with Crippen LogP contribution in [-0.4, -0.2) is 27.6 Å². The second kappa shape index (κ2) is 7.92. The highest BCUT2D eigenvalue weighted by atomic mass is 32.1. The highest BCUT2D eigenvalue weighted by Gasteiger charge is 2.18. The van der Waals surface area contributed by atoms with Crippen LogP contribution >= 0.6 is 11.3 Å². The number of thiazole rings is 1. The van der Waals surface area contributed by atoms with Gasteiger partial charge in [0.05, 0.1) is 10.7 Å². The molecule has 0 aliphatic heterocycles. The van der Waals surface area contributed by atoms with Gasteiger partial charge in [-0.3, -0.25) is 9.89 Å². The summed E-state index contributed by atoms with van der Waals surface area (Å²) in [5.41, 5.74) is 2.70. The summed E-state index contributed by atoms with van der Waals surface area (Å²) >= 11 is 1.71. The van der Waals surface area contributed by atoms with Crippen LogP contribution in [0.3, 0.4) is 0 Å². The Labute approximate surface area is 147 Å². The summed E-state index contributed by atoms with van der Waals surface area (Å²) in [4.78, 5) is 16.9. The fraction of sp³-hybridized carbons (Fsp3) is 0.611. The van der Waals surface area contributed by atoms with Crippen molar-refractivity contribution in [1.29, 1.82) is 0 Å². The molecule has 0 bridgehead atoms. The molecular weight excluding hydrogens is 320 g/mol. The van der Waals surface area contributed by atoms with Crippen LogP contribution in [0.2, 0.25) is 0 Å². The average Bonchev–Trinajstić information content (AvgIpc) is 3.25. The number of nitrogens with zero attached hydrogens (tertiary/aromatic N) is 2. The van der Waals surface area contributed by atoms with E-state index < -0.39 is 0 Å². The van der Waals surface area contributed by atoms with E-state index in [1.165, 1.54) is 37.8 Å². The third kappa shape index (κ3) is 4.23. The first-order chi connectivity index (χ1) is 11.6. The van der Waals surface area contributed by atoms with E-state index in [0.717, 1.165) is 17.1 Å². The molecule has 2 aromatic heterocycles. The fourth-order valence-electron chi connectivity index (χ4n) is 3.15. The Balaban J connectivity index is 1.47. The maximum atomic E-state index is 12.1. The van der Waals surface area contributed by atoms with Gasteiger partial charge in [-0.15, -0.1) is 11.3 Å². The standard InChI is InChI=1S/C18H26N4OS/c1-12(2)14-10-15(22-21-14)18(23)19-9-8-17-20-16(11-24-17)13-6-4-3-5-7-13/h10-13H,3-9H2,1-2H3,(H,19,23)(H,21,22). The van der Waals surface area contributed by atoms with Crippen molar-refractivity contribution >= 4 is 17.2 Å². The van der Waals surface area contributed by atoms with Crippen LogP contribution in [0.5, 0.6) is 0 Å². The van der Waals surface area contributed by atoms with Crippen LogP contribution < -0.4 is 5.32 Å². The second-order valence-electron chi connectivity index (χ2n) is 6.87. The quantitative estimate of drug-likeness (QED) is 0.830. The van der Waals surface area contributed by atoms with Gasteiger partial charge in [-0.25, -0.2) is 4.98 Å². The molecular formula is C18H26N4OS. The number of aromatic amines is 1. The van der Waals surface area contributed by atoms with Gasteiger partial charge in [-0.2, -0.15) is 5.10 Å². The zero-order chi connectivity index (χ0) is 16.9. The first-order valence-electron chi connectivity index (χ1n) is 8.91. The molecule has 0 unspecified atom stereocenters. The van der Waals surface area contributed by atoms with Crippen LogP contribution in [0, 0.1) is 0 Å². The molecule has 1 fully saturated rings. The Morgan fingerprint density at radius 1 is 1.38 bits per heavy atom. The Bertz CT molecular complexity index is 670. The molecule has 130 valence electrons. The number of rotatable bonds is 6. The van der Waals surface area contributed by atoms with E-state index in [-0.39, 0.29) is 5.91 Å². The highest BCUT2D eigenvalue weighted by molar-refractivity contribution is 7.09. The number of amides is 1. The van der Waals surface area contributed by atoms with Crippen molar-refractivity contribution in [1.82, 2.24) is 20.5 Å². The predicted molar refractivity (Wildman–Crippen MR) is 96.7 cm³/mol. The minimum atomic E-state index is -0.123. The number of carbonyl (C=O) groups excluding carboxylic acids is 1. The Morgan fingerprint density at radius 2 is 2.17 bits per heavy atom. The molecule has 5 nitrogen and oxygen atoms in total. The molecule has 2 aromatic rings. The molecule has 0 aromatic carbocycles. The topological polar surface area (TPSA) is 70.7 Å². The summed E-state index contributed by atoms with van der Waals surface area (Å²) in [6.07, 6.45) is 7.36. The summed E-state index contributed by atoms with van der Waals surface area (Å²) in [6, 6.07) is 1.82. The lowest BCUT2D eigenvalue weighted by molar-refractivity contribution is 0.0949. The van der Waals surface area contributed by atoms with E-state index >= 15 is 0 Å². The minimum absolute atomic E-state index is 0.123.